The molecule has 0 spiro atoms. The molecule has 0 amide bonds. The van der Waals surface area contributed by atoms with Gasteiger partial charge in [0.05, 0.1) is 13.2 Å². The molecule has 0 saturated heterocycles. The van der Waals surface area contributed by atoms with Crippen molar-refractivity contribution in [2.45, 2.75) is 33.6 Å². The largest absolute Gasteiger partial charge is 0.354 e. The number of hydrogen-bond donors (Lipinski definition) is 0. The van der Waals surface area contributed by atoms with Crippen molar-refractivity contribution < 1.29 is 13.6 Å². The normalized spacial score (nSPS) is 16.4. The van der Waals surface area contributed by atoms with E-state index in [2.05, 4.69) is 25.1 Å². The highest BCUT2D eigenvalue weighted by molar-refractivity contribution is 7.57. The number of aryl methyl sites for hydroxylation is 1. The van der Waals surface area contributed by atoms with E-state index in [1.165, 1.54) is 5.56 Å². The van der Waals surface area contributed by atoms with Crippen molar-refractivity contribution in [3.8, 4) is 0 Å². The fraction of sp³-hybridized carbons (Fsp3) is 0.500. The molecule has 1 saturated carbocycles. The van der Waals surface area contributed by atoms with Crippen molar-refractivity contribution in [2.75, 3.05) is 13.2 Å². The molecule has 0 heterocycles. The second-order valence-corrected chi connectivity index (χ2v) is 6.96. The molecule has 20 heavy (non-hydrogen) atoms. The molecule has 1 aromatic carbocycles. The van der Waals surface area contributed by atoms with Gasteiger partial charge in [-0.25, -0.2) is 0 Å². The maximum absolute atomic E-state index is 12.7. The standard InChI is InChI=1S/C16H23O3P/c1-4-18-20(17,19-5-2)12-16(14-9-10-14)15-8-6-7-13(3)11-15/h6-8,11-12,14H,4-5,9-10H2,1-3H3/b16-12+. The third-order valence-electron chi connectivity index (χ3n) is 3.28. The van der Waals surface area contributed by atoms with Crippen LogP contribution in [0.25, 0.3) is 5.57 Å². The Labute approximate surface area is 121 Å². The maximum Gasteiger partial charge on any atom is 0.354 e. The SMILES string of the molecule is CCOP(=O)(/C=C(/c1cccc(C)c1)C1CC1)OCC. The summed E-state index contributed by atoms with van der Waals surface area (Å²) in [6.07, 6.45) is 2.30. The van der Waals surface area contributed by atoms with Crippen LogP contribution in [-0.4, -0.2) is 13.2 Å². The average molecular weight is 294 g/mol. The molecule has 2 rings (SSSR count). The van der Waals surface area contributed by atoms with E-state index in [4.69, 9.17) is 9.05 Å². The highest BCUT2D eigenvalue weighted by Gasteiger charge is 2.31. The van der Waals surface area contributed by atoms with Gasteiger partial charge in [-0.15, -0.1) is 0 Å². The third kappa shape index (κ3) is 4.05. The molecule has 4 heteroatoms. The van der Waals surface area contributed by atoms with Gasteiger partial charge in [-0.2, -0.15) is 0 Å². The van der Waals surface area contributed by atoms with Crippen LogP contribution in [0.3, 0.4) is 0 Å². The molecule has 1 aliphatic rings. The lowest BCUT2D eigenvalue weighted by atomic mass is 10.0. The average Bonchev–Trinajstić information content (AvgIpc) is 3.21. The first-order chi connectivity index (χ1) is 9.58. The second-order valence-electron chi connectivity index (χ2n) is 5.10. The summed E-state index contributed by atoms with van der Waals surface area (Å²) in [6, 6.07) is 8.30. The van der Waals surface area contributed by atoms with Crippen molar-refractivity contribution in [3.63, 3.8) is 0 Å². The third-order valence-corrected chi connectivity index (χ3v) is 5.11. The van der Waals surface area contributed by atoms with Gasteiger partial charge in [0, 0.05) is 5.82 Å². The summed E-state index contributed by atoms with van der Waals surface area (Å²) >= 11 is 0. The summed E-state index contributed by atoms with van der Waals surface area (Å²) in [7, 11) is -3.13. The number of rotatable bonds is 7. The lowest BCUT2D eigenvalue weighted by Crippen LogP contribution is -1.96. The lowest BCUT2D eigenvalue weighted by molar-refractivity contribution is 0.229. The maximum atomic E-state index is 12.7. The molecular weight excluding hydrogens is 271 g/mol. The van der Waals surface area contributed by atoms with Gasteiger partial charge in [0.2, 0.25) is 0 Å². The van der Waals surface area contributed by atoms with E-state index in [1.807, 2.05) is 19.9 Å². The molecule has 1 fully saturated rings. The minimum absolute atomic E-state index is 0.388. The summed E-state index contributed by atoms with van der Waals surface area (Å²) < 4.78 is 23.5. The molecule has 0 aliphatic heterocycles. The molecule has 1 aromatic rings. The Bertz CT molecular complexity index is 522. The highest BCUT2D eigenvalue weighted by atomic mass is 31.2. The molecule has 0 radical (unpaired) electrons. The fourth-order valence-electron chi connectivity index (χ4n) is 2.28. The van der Waals surface area contributed by atoms with Gasteiger partial charge in [-0.1, -0.05) is 29.8 Å². The molecular formula is C16H23O3P. The highest BCUT2D eigenvalue weighted by Crippen LogP contribution is 2.55. The summed E-state index contributed by atoms with van der Waals surface area (Å²) in [5.41, 5.74) is 3.45. The van der Waals surface area contributed by atoms with E-state index in [0.29, 0.717) is 19.1 Å². The molecule has 0 N–H and O–H groups in total. The van der Waals surface area contributed by atoms with Crippen LogP contribution in [0, 0.1) is 12.8 Å². The zero-order valence-electron chi connectivity index (χ0n) is 12.5. The fourth-order valence-corrected chi connectivity index (χ4v) is 3.92. The van der Waals surface area contributed by atoms with Crippen LogP contribution in [0.1, 0.15) is 37.8 Å². The van der Waals surface area contributed by atoms with Crippen LogP contribution >= 0.6 is 7.60 Å². The number of allylic oxidation sites excluding steroid dienone is 1. The molecule has 0 unspecified atom stereocenters. The van der Waals surface area contributed by atoms with Gasteiger partial charge in [-0.05, 0) is 50.7 Å². The predicted molar refractivity (Wildman–Crippen MR) is 82.7 cm³/mol. The smallest absolute Gasteiger partial charge is 0.306 e. The predicted octanol–water partition coefficient (Wildman–Crippen LogP) is 5.01. The molecule has 0 aromatic heterocycles. The topological polar surface area (TPSA) is 35.5 Å². The van der Waals surface area contributed by atoms with Gasteiger partial charge in [0.15, 0.2) is 0 Å². The summed E-state index contributed by atoms with van der Waals surface area (Å²) in [5, 5.41) is 0. The first kappa shape index (κ1) is 15.5. The molecule has 1 aliphatic carbocycles. The van der Waals surface area contributed by atoms with Gasteiger partial charge in [0.1, 0.15) is 0 Å². The number of benzene rings is 1. The second kappa shape index (κ2) is 6.71. The Morgan fingerprint density at radius 3 is 2.45 bits per heavy atom. The van der Waals surface area contributed by atoms with Gasteiger partial charge in [-0.3, -0.25) is 4.57 Å². The minimum Gasteiger partial charge on any atom is -0.306 e. The Hall–Kier alpha value is -0.890. The summed E-state index contributed by atoms with van der Waals surface area (Å²) in [4.78, 5) is 0. The minimum atomic E-state index is -3.13. The summed E-state index contributed by atoms with van der Waals surface area (Å²) in [5.74, 6) is 2.23. The lowest BCUT2D eigenvalue weighted by Gasteiger charge is -2.16. The van der Waals surface area contributed by atoms with Crippen LogP contribution in [0.15, 0.2) is 30.1 Å². The van der Waals surface area contributed by atoms with Gasteiger partial charge >= 0.3 is 7.60 Å². The first-order valence-corrected chi connectivity index (χ1v) is 8.87. The Kier molecular flexibility index (Phi) is 5.20. The quantitative estimate of drug-likeness (QED) is 0.663. The van der Waals surface area contributed by atoms with Crippen LogP contribution in [0.5, 0.6) is 0 Å². The summed E-state index contributed by atoms with van der Waals surface area (Å²) in [6.45, 7) is 6.52. The van der Waals surface area contributed by atoms with Crippen molar-refractivity contribution in [2.24, 2.45) is 5.92 Å². The van der Waals surface area contributed by atoms with E-state index >= 15 is 0 Å². The number of hydrogen-bond acceptors (Lipinski definition) is 3. The Morgan fingerprint density at radius 1 is 1.30 bits per heavy atom. The molecule has 3 nitrogen and oxygen atoms in total. The molecule has 0 atom stereocenters. The van der Waals surface area contributed by atoms with Crippen LogP contribution in [0.2, 0.25) is 0 Å². The van der Waals surface area contributed by atoms with Gasteiger partial charge < -0.3 is 9.05 Å². The monoisotopic (exact) mass is 294 g/mol. The van der Waals surface area contributed by atoms with E-state index < -0.39 is 7.60 Å². The van der Waals surface area contributed by atoms with Crippen molar-refractivity contribution in [3.05, 3.63) is 41.2 Å². The van der Waals surface area contributed by atoms with E-state index in [-0.39, 0.29) is 0 Å². The van der Waals surface area contributed by atoms with Crippen LogP contribution in [0.4, 0.5) is 0 Å². The Morgan fingerprint density at radius 2 is 1.95 bits per heavy atom. The van der Waals surface area contributed by atoms with E-state index in [9.17, 15) is 4.57 Å². The van der Waals surface area contributed by atoms with E-state index in [0.717, 1.165) is 24.0 Å². The van der Waals surface area contributed by atoms with E-state index in [1.54, 1.807) is 5.82 Å². The Balaban J connectivity index is 2.36. The van der Waals surface area contributed by atoms with Crippen molar-refractivity contribution in [1.82, 2.24) is 0 Å². The molecule has 0 bridgehead atoms. The van der Waals surface area contributed by atoms with Crippen LogP contribution in [-0.2, 0) is 13.6 Å². The van der Waals surface area contributed by atoms with Crippen molar-refractivity contribution >= 4 is 13.2 Å². The first-order valence-electron chi connectivity index (χ1n) is 7.26. The zero-order valence-corrected chi connectivity index (χ0v) is 13.4. The van der Waals surface area contributed by atoms with Crippen LogP contribution < -0.4 is 0 Å². The molecule has 110 valence electrons. The zero-order chi connectivity index (χ0) is 14.6. The van der Waals surface area contributed by atoms with Crippen molar-refractivity contribution in [1.29, 1.82) is 0 Å². The van der Waals surface area contributed by atoms with Gasteiger partial charge in [0.25, 0.3) is 0 Å².